The lowest BCUT2D eigenvalue weighted by molar-refractivity contribution is 0.361. The first kappa shape index (κ1) is 25.7. The van der Waals surface area contributed by atoms with Gasteiger partial charge in [0.05, 0.1) is 0 Å². The zero-order valence-electron chi connectivity index (χ0n) is 18.5. The van der Waals surface area contributed by atoms with Crippen molar-refractivity contribution in [1.82, 2.24) is 0 Å². The van der Waals surface area contributed by atoms with Crippen LogP contribution in [0.2, 0.25) is 0 Å². The summed E-state index contributed by atoms with van der Waals surface area (Å²) in [6, 6.07) is 0. The summed E-state index contributed by atoms with van der Waals surface area (Å²) in [5.41, 5.74) is 0. The van der Waals surface area contributed by atoms with Crippen LogP contribution in [0.25, 0.3) is 0 Å². The van der Waals surface area contributed by atoms with Crippen LogP contribution in [0.1, 0.15) is 129 Å². The predicted molar refractivity (Wildman–Crippen MR) is 121 cm³/mol. The Morgan fingerprint density at radius 1 is 0.538 bits per heavy atom. The quantitative estimate of drug-likeness (QED) is 0.149. The van der Waals surface area contributed by atoms with Gasteiger partial charge in [-0.1, -0.05) is 123 Å². The maximum Gasteiger partial charge on any atom is -0.0351 e. The van der Waals surface area contributed by atoms with Crippen molar-refractivity contribution in [3.63, 3.8) is 0 Å². The molecule has 0 saturated carbocycles. The van der Waals surface area contributed by atoms with Crippen molar-refractivity contribution >= 4 is 0 Å². The minimum Gasteiger partial charge on any atom is -0.0885 e. The van der Waals surface area contributed by atoms with Crippen molar-refractivity contribution in [2.75, 3.05) is 0 Å². The van der Waals surface area contributed by atoms with Gasteiger partial charge < -0.3 is 0 Å². The summed E-state index contributed by atoms with van der Waals surface area (Å²) < 4.78 is 0. The summed E-state index contributed by atoms with van der Waals surface area (Å²) in [4.78, 5) is 0. The van der Waals surface area contributed by atoms with Crippen LogP contribution >= 0.6 is 0 Å². The molecule has 0 aromatic heterocycles. The fourth-order valence-electron chi connectivity index (χ4n) is 3.91. The summed E-state index contributed by atoms with van der Waals surface area (Å²) >= 11 is 0. The topological polar surface area (TPSA) is 0 Å². The number of unbranched alkanes of at least 4 members (excludes halogenated alkanes) is 12. The van der Waals surface area contributed by atoms with Crippen LogP contribution in [0.4, 0.5) is 0 Å². The third-order valence-electron chi connectivity index (χ3n) is 5.61. The fourth-order valence-corrected chi connectivity index (χ4v) is 3.91. The SMILES string of the molecule is [CH2]CCC/C=C/CCCCCCCCCCCC(C)CC(C)CCC[CH2]. The van der Waals surface area contributed by atoms with E-state index >= 15 is 0 Å². The second-order valence-electron chi connectivity index (χ2n) is 8.67. The molecule has 0 heterocycles. The second-order valence-corrected chi connectivity index (χ2v) is 8.67. The zero-order valence-corrected chi connectivity index (χ0v) is 18.5. The normalized spacial score (nSPS) is 14.2. The fraction of sp³-hybridized carbons (Fsp3) is 0.846. The Labute approximate surface area is 167 Å². The molecule has 0 heteroatoms. The summed E-state index contributed by atoms with van der Waals surface area (Å²) in [6.45, 7) is 12.7. The lowest BCUT2D eigenvalue weighted by atomic mass is 9.90. The standard InChI is InChI=1S/C26H50/c1-5-7-9-10-11-12-13-14-15-16-17-18-19-20-21-23-26(4)24-25(3)22-8-6-2/h10-11,25-26H,1-2,5-9,12-24H2,3-4H3/b11-10+. The van der Waals surface area contributed by atoms with E-state index in [0.717, 1.165) is 24.7 Å². The van der Waals surface area contributed by atoms with Crippen molar-refractivity contribution in [1.29, 1.82) is 0 Å². The summed E-state index contributed by atoms with van der Waals surface area (Å²) in [7, 11) is 0. The van der Waals surface area contributed by atoms with Gasteiger partial charge in [-0.3, -0.25) is 0 Å². The monoisotopic (exact) mass is 362 g/mol. The highest BCUT2D eigenvalue weighted by Gasteiger charge is 2.08. The molecule has 0 fully saturated rings. The molecule has 0 aliphatic rings. The largest absolute Gasteiger partial charge is 0.0885 e. The molecule has 26 heavy (non-hydrogen) atoms. The van der Waals surface area contributed by atoms with Crippen LogP contribution in [0, 0.1) is 25.7 Å². The van der Waals surface area contributed by atoms with Gasteiger partial charge in [-0.2, -0.15) is 0 Å². The molecule has 0 nitrogen and oxygen atoms in total. The minimum absolute atomic E-state index is 0.899. The minimum atomic E-state index is 0.899. The second kappa shape index (κ2) is 21.0. The molecular weight excluding hydrogens is 312 g/mol. The third kappa shape index (κ3) is 20.1. The molecule has 0 amide bonds. The van der Waals surface area contributed by atoms with Gasteiger partial charge in [-0.25, -0.2) is 0 Å². The van der Waals surface area contributed by atoms with Crippen molar-refractivity contribution in [2.45, 2.75) is 129 Å². The van der Waals surface area contributed by atoms with Crippen LogP contribution in [-0.4, -0.2) is 0 Å². The molecule has 0 rings (SSSR count). The Bertz CT molecular complexity index is 278. The molecule has 0 aliphatic carbocycles. The van der Waals surface area contributed by atoms with Gasteiger partial charge in [-0.05, 0) is 43.9 Å². The molecule has 0 bridgehead atoms. The van der Waals surface area contributed by atoms with Crippen molar-refractivity contribution in [3.8, 4) is 0 Å². The van der Waals surface area contributed by atoms with Gasteiger partial charge >= 0.3 is 0 Å². The van der Waals surface area contributed by atoms with E-state index in [2.05, 4.69) is 39.8 Å². The highest BCUT2D eigenvalue weighted by molar-refractivity contribution is 4.81. The highest BCUT2D eigenvalue weighted by Crippen LogP contribution is 2.22. The Balaban J connectivity index is 3.22. The Kier molecular flexibility index (Phi) is 20.8. The van der Waals surface area contributed by atoms with E-state index in [1.165, 1.54) is 103 Å². The van der Waals surface area contributed by atoms with Crippen LogP contribution in [0.3, 0.4) is 0 Å². The van der Waals surface area contributed by atoms with E-state index < -0.39 is 0 Å². The lowest BCUT2D eigenvalue weighted by Crippen LogP contribution is -2.03. The molecule has 0 aliphatic heterocycles. The van der Waals surface area contributed by atoms with E-state index in [9.17, 15) is 0 Å². The first-order chi connectivity index (χ1) is 12.7. The summed E-state index contributed by atoms with van der Waals surface area (Å²) in [5, 5.41) is 0. The van der Waals surface area contributed by atoms with E-state index in [0.29, 0.717) is 0 Å². The van der Waals surface area contributed by atoms with Crippen LogP contribution in [-0.2, 0) is 0 Å². The smallest absolute Gasteiger partial charge is 0.0351 e. The molecule has 0 spiro atoms. The van der Waals surface area contributed by atoms with Crippen molar-refractivity contribution in [3.05, 3.63) is 26.0 Å². The Morgan fingerprint density at radius 3 is 1.50 bits per heavy atom. The van der Waals surface area contributed by atoms with Gasteiger partial charge in [0.2, 0.25) is 0 Å². The third-order valence-corrected chi connectivity index (χ3v) is 5.61. The first-order valence-corrected chi connectivity index (χ1v) is 11.9. The van der Waals surface area contributed by atoms with Gasteiger partial charge in [0.1, 0.15) is 0 Å². The number of hydrogen-bond acceptors (Lipinski definition) is 0. The van der Waals surface area contributed by atoms with E-state index in [4.69, 9.17) is 0 Å². The van der Waals surface area contributed by atoms with Gasteiger partial charge in [-0.15, -0.1) is 0 Å². The van der Waals surface area contributed by atoms with Crippen LogP contribution in [0.5, 0.6) is 0 Å². The molecule has 0 saturated heterocycles. The lowest BCUT2D eigenvalue weighted by Gasteiger charge is -2.16. The van der Waals surface area contributed by atoms with E-state index in [-0.39, 0.29) is 0 Å². The van der Waals surface area contributed by atoms with Crippen LogP contribution < -0.4 is 0 Å². The maximum atomic E-state index is 3.95. The Morgan fingerprint density at radius 2 is 0.962 bits per heavy atom. The average molecular weight is 363 g/mol. The average Bonchev–Trinajstić information content (AvgIpc) is 2.63. The van der Waals surface area contributed by atoms with Gasteiger partial charge in [0.25, 0.3) is 0 Å². The Hall–Kier alpha value is -0.260. The maximum absolute atomic E-state index is 3.95. The number of hydrogen-bond donors (Lipinski definition) is 0. The highest BCUT2D eigenvalue weighted by atomic mass is 14.1. The number of allylic oxidation sites excluding steroid dienone is 2. The van der Waals surface area contributed by atoms with Crippen molar-refractivity contribution in [2.24, 2.45) is 11.8 Å². The number of rotatable bonds is 20. The van der Waals surface area contributed by atoms with Crippen LogP contribution in [0.15, 0.2) is 12.2 Å². The van der Waals surface area contributed by atoms with Gasteiger partial charge in [0, 0.05) is 0 Å². The molecule has 0 aromatic rings. The molecule has 2 atom stereocenters. The molecule has 0 aromatic carbocycles. The zero-order chi connectivity index (χ0) is 19.3. The van der Waals surface area contributed by atoms with Crippen molar-refractivity contribution < 1.29 is 0 Å². The predicted octanol–water partition coefficient (Wildman–Crippen LogP) is 9.50. The summed E-state index contributed by atoms with van der Waals surface area (Å²) in [6.07, 6.45) is 29.1. The molecule has 2 unspecified atom stereocenters. The molecular formula is C26H50. The molecule has 2 radical (unpaired) electrons. The van der Waals surface area contributed by atoms with E-state index in [1.54, 1.807) is 0 Å². The van der Waals surface area contributed by atoms with E-state index in [1.807, 2.05) is 0 Å². The molecule has 154 valence electrons. The first-order valence-electron chi connectivity index (χ1n) is 11.9. The molecule has 0 N–H and O–H groups in total. The summed E-state index contributed by atoms with van der Waals surface area (Å²) in [5.74, 6) is 1.82. The van der Waals surface area contributed by atoms with Gasteiger partial charge in [0.15, 0.2) is 0 Å².